The van der Waals surface area contributed by atoms with Gasteiger partial charge in [-0.2, -0.15) is 0 Å². The van der Waals surface area contributed by atoms with Crippen molar-refractivity contribution in [2.24, 2.45) is 0 Å². The summed E-state index contributed by atoms with van der Waals surface area (Å²) < 4.78 is 68.0. The van der Waals surface area contributed by atoms with Gasteiger partial charge in [0.15, 0.2) is 5.65 Å². The lowest BCUT2D eigenvalue weighted by Crippen LogP contribution is -2.24. The van der Waals surface area contributed by atoms with Gasteiger partial charge >= 0.3 is 6.03 Å². The number of amides is 2. The number of rotatable bonds is 6. The van der Waals surface area contributed by atoms with E-state index < -0.39 is 27.8 Å². The van der Waals surface area contributed by atoms with Crippen LogP contribution in [-0.2, 0) is 15.8 Å². The number of anilines is 2. The zero-order valence-corrected chi connectivity index (χ0v) is 20.8. The van der Waals surface area contributed by atoms with E-state index in [1.165, 1.54) is 24.8 Å². The average molecular weight is 545 g/mol. The van der Waals surface area contributed by atoms with E-state index in [9.17, 15) is 26.4 Å². The molecule has 2 N–H and O–H groups in total. The second kappa shape index (κ2) is 10.0. The number of alkyl halides is 2. The van der Waals surface area contributed by atoms with Crippen molar-refractivity contribution in [3.05, 3.63) is 78.4 Å². The molecule has 1 aliphatic carbocycles. The van der Waals surface area contributed by atoms with Crippen LogP contribution in [0.25, 0.3) is 11.0 Å². The normalized spacial score (nSPS) is 15.9. The Morgan fingerprint density at radius 2 is 1.87 bits per heavy atom. The first kappa shape index (κ1) is 25.6. The highest BCUT2D eigenvalue weighted by Crippen LogP contribution is 2.40. The van der Waals surface area contributed by atoms with Crippen LogP contribution in [-0.4, -0.2) is 39.3 Å². The molecule has 5 rings (SSSR count). The van der Waals surface area contributed by atoms with Crippen LogP contribution >= 0.6 is 0 Å². The molecule has 0 spiro atoms. The minimum atomic E-state index is -3.99. The van der Waals surface area contributed by atoms with E-state index in [0.717, 1.165) is 16.2 Å². The van der Waals surface area contributed by atoms with Gasteiger partial charge in [-0.15, -0.1) is 0 Å². The topological polar surface area (TPSA) is 119 Å². The van der Waals surface area contributed by atoms with Crippen molar-refractivity contribution in [2.75, 3.05) is 10.6 Å². The highest BCUT2D eigenvalue weighted by Gasteiger charge is 2.35. The molecule has 0 unspecified atom stereocenters. The molecular formula is C25H23F3N6O3S. The van der Waals surface area contributed by atoms with Crippen LogP contribution in [0.15, 0.2) is 61.3 Å². The van der Waals surface area contributed by atoms with Crippen LogP contribution in [0.2, 0.25) is 0 Å². The summed E-state index contributed by atoms with van der Waals surface area (Å²) in [5.74, 6) is -3.79. The molecule has 1 aliphatic rings. The molecular weight excluding hydrogens is 521 g/mol. The van der Waals surface area contributed by atoms with Gasteiger partial charge in [-0.25, -0.2) is 35.3 Å². The Morgan fingerprint density at radius 1 is 1.08 bits per heavy atom. The number of carbonyl (C=O) groups excluding carboxylic acids is 1. The number of hydrogen-bond donors (Lipinski definition) is 2. The summed E-state index contributed by atoms with van der Waals surface area (Å²) in [5, 5.41) is 5.22. The first-order valence-corrected chi connectivity index (χ1v) is 13.4. The third-order valence-electron chi connectivity index (χ3n) is 6.38. The molecule has 0 bridgehead atoms. The molecule has 4 aromatic rings. The number of nitrogens with one attached hydrogen (secondary N) is 2. The molecule has 0 radical (unpaired) electrons. The van der Waals surface area contributed by atoms with Gasteiger partial charge in [-0.05, 0) is 42.7 Å². The van der Waals surface area contributed by atoms with Crippen LogP contribution < -0.4 is 10.6 Å². The average Bonchev–Trinajstić information content (AvgIpc) is 3.23. The van der Waals surface area contributed by atoms with Crippen molar-refractivity contribution in [1.82, 2.24) is 18.9 Å². The van der Waals surface area contributed by atoms with E-state index >= 15 is 0 Å². The first-order chi connectivity index (χ1) is 18.1. The summed E-state index contributed by atoms with van der Waals surface area (Å²) >= 11 is 0. The maximum absolute atomic E-state index is 14.0. The van der Waals surface area contributed by atoms with E-state index in [1.54, 1.807) is 24.3 Å². The molecule has 1 saturated carbocycles. The van der Waals surface area contributed by atoms with E-state index in [1.807, 2.05) is 0 Å². The Balaban J connectivity index is 1.33. The maximum atomic E-state index is 14.0. The van der Waals surface area contributed by atoms with Crippen molar-refractivity contribution in [2.45, 2.75) is 43.3 Å². The maximum Gasteiger partial charge on any atom is 0.323 e. The van der Waals surface area contributed by atoms with Crippen LogP contribution in [0, 0.1) is 5.82 Å². The molecule has 0 aromatic carbocycles. The van der Waals surface area contributed by atoms with Crippen LogP contribution in [0.3, 0.4) is 0 Å². The van der Waals surface area contributed by atoms with Crippen molar-refractivity contribution in [3.8, 4) is 0 Å². The molecule has 9 nitrogen and oxygen atoms in total. The summed E-state index contributed by atoms with van der Waals surface area (Å²) in [6, 6.07) is 6.87. The van der Waals surface area contributed by atoms with Crippen molar-refractivity contribution in [3.63, 3.8) is 0 Å². The molecule has 2 amide bonds. The first-order valence-electron chi connectivity index (χ1n) is 11.8. The summed E-state index contributed by atoms with van der Waals surface area (Å²) in [4.78, 5) is 24.9. The number of nitrogens with zero attached hydrogens (tertiary/aromatic N) is 4. The Bertz CT molecular complexity index is 1570. The SMILES string of the molecule is O=C(Nc1ccc(C2CCC(F)(F)CC2)nc1)Nc1cn(S(=O)(=O)Cc2cccnc2)c2ncc(F)cc12. The Hall–Kier alpha value is -4.00. The number of aromatic nitrogens is 4. The van der Waals surface area contributed by atoms with Crippen molar-refractivity contribution in [1.29, 1.82) is 0 Å². The third kappa shape index (κ3) is 5.62. The lowest BCUT2D eigenvalue weighted by atomic mass is 9.84. The largest absolute Gasteiger partial charge is 0.323 e. The minimum absolute atomic E-state index is 0.0342. The van der Waals surface area contributed by atoms with Gasteiger partial charge in [0, 0.05) is 48.4 Å². The number of urea groups is 1. The summed E-state index contributed by atoms with van der Waals surface area (Å²) in [5.41, 5.74) is 1.45. The predicted octanol–water partition coefficient (Wildman–Crippen LogP) is 5.28. The molecule has 4 aromatic heterocycles. The fraction of sp³-hybridized carbons (Fsp3) is 0.280. The number of fused-ring (bicyclic) bond motifs is 1. The summed E-state index contributed by atoms with van der Waals surface area (Å²) in [6.45, 7) is 0. The van der Waals surface area contributed by atoms with Gasteiger partial charge in [0.05, 0.1) is 29.5 Å². The second-order valence-corrected chi connectivity index (χ2v) is 11.0. The predicted molar refractivity (Wildman–Crippen MR) is 135 cm³/mol. The molecule has 198 valence electrons. The quantitative estimate of drug-likeness (QED) is 0.341. The molecule has 0 aliphatic heterocycles. The van der Waals surface area contributed by atoms with Crippen molar-refractivity contribution >= 4 is 38.5 Å². The van der Waals surface area contributed by atoms with Gasteiger partial charge < -0.3 is 10.6 Å². The highest BCUT2D eigenvalue weighted by molar-refractivity contribution is 7.89. The fourth-order valence-corrected chi connectivity index (χ4v) is 5.88. The number of carbonyl (C=O) groups is 1. The second-order valence-electron chi connectivity index (χ2n) is 9.16. The Kier molecular flexibility index (Phi) is 6.78. The number of hydrogen-bond acceptors (Lipinski definition) is 6. The van der Waals surface area contributed by atoms with Crippen LogP contribution in [0.4, 0.5) is 29.3 Å². The molecule has 38 heavy (non-hydrogen) atoms. The molecule has 0 atom stereocenters. The molecule has 0 saturated heterocycles. The van der Waals surface area contributed by atoms with Crippen molar-refractivity contribution < 1.29 is 26.4 Å². The number of halogens is 3. The van der Waals surface area contributed by atoms with Crippen LogP contribution in [0.1, 0.15) is 42.9 Å². The monoisotopic (exact) mass is 544 g/mol. The standard InChI is InChI=1S/C25H23F3N6O3S/c26-18-10-20-22(14-34(23(20)31-12-18)38(36,37)15-16-2-1-9-29-11-16)33-24(35)32-19-3-4-21(30-13-19)17-5-7-25(27,28)8-6-17/h1-4,9-14,17H,5-8,15H2,(H2,32,33,35). The lowest BCUT2D eigenvalue weighted by molar-refractivity contribution is -0.0384. The van der Waals surface area contributed by atoms with Crippen LogP contribution in [0.5, 0.6) is 0 Å². The zero-order valence-electron chi connectivity index (χ0n) is 19.9. The smallest absolute Gasteiger partial charge is 0.306 e. The van der Waals surface area contributed by atoms with E-state index in [-0.39, 0.29) is 41.2 Å². The Labute approximate surface area is 216 Å². The van der Waals surface area contributed by atoms with Gasteiger partial charge in [-0.1, -0.05) is 6.07 Å². The molecule has 1 fully saturated rings. The molecule has 4 heterocycles. The van der Waals surface area contributed by atoms with Gasteiger partial charge in [0.25, 0.3) is 0 Å². The van der Waals surface area contributed by atoms with Gasteiger partial charge in [0.1, 0.15) is 5.82 Å². The highest BCUT2D eigenvalue weighted by atomic mass is 32.2. The molecule has 13 heteroatoms. The third-order valence-corrected chi connectivity index (χ3v) is 7.95. The van der Waals surface area contributed by atoms with E-state index in [4.69, 9.17) is 0 Å². The van der Waals surface area contributed by atoms with Gasteiger partial charge in [-0.3, -0.25) is 9.97 Å². The van der Waals surface area contributed by atoms with E-state index in [0.29, 0.717) is 29.8 Å². The zero-order chi connectivity index (χ0) is 26.9. The van der Waals surface area contributed by atoms with Gasteiger partial charge in [0.2, 0.25) is 15.9 Å². The minimum Gasteiger partial charge on any atom is -0.306 e. The van der Waals surface area contributed by atoms with E-state index in [2.05, 4.69) is 25.6 Å². The Morgan fingerprint density at radius 3 is 2.55 bits per heavy atom. The summed E-state index contributed by atoms with van der Waals surface area (Å²) in [7, 11) is -3.99. The lowest BCUT2D eigenvalue weighted by Gasteiger charge is -2.27. The fourth-order valence-electron chi connectivity index (χ4n) is 4.47. The summed E-state index contributed by atoms with van der Waals surface area (Å²) in [6.07, 6.45) is 6.75. The number of pyridine rings is 3.